The maximum absolute atomic E-state index is 12.7. The average molecular weight is 779 g/mol. The highest BCUT2D eigenvalue weighted by atomic mass is 16.6. The van der Waals surface area contributed by atoms with Gasteiger partial charge in [-0.05, 0) is 25.2 Å². The van der Waals surface area contributed by atoms with Crippen LogP contribution < -0.4 is 0 Å². The van der Waals surface area contributed by atoms with Crippen LogP contribution in [0.2, 0.25) is 0 Å². The molecule has 0 amide bonds. The lowest BCUT2D eigenvalue weighted by Crippen LogP contribution is -2.30. The van der Waals surface area contributed by atoms with E-state index in [0.29, 0.717) is 19.3 Å². The van der Waals surface area contributed by atoms with Gasteiger partial charge >= 0.3 is 17.9 Å². The maximum Gasteiger partial charge on any atom is 0.306 e. The lowest BCUT2D eigenvalue weighted by Gasteiger charge is -2.18. The van der Waals surface area contributed by atoms with Crippen LogP contribution >= 0.6 is 0 Å². The summed E-state index contributed by atoms with van der Waals surface area (Å²) in [7, 11) is 0. The standard InChI is InChI=1S/C49H94O6/c1-5-7-9-11-13-14-15-18-23-26-30-34-38-42-49(52)55-46(43-53-47(50)40-36-32-27-12-10-8-6-2)44-54-48(51)41-37-33-29-25-22-20-17-16-19-21-24-28-31-35-39-45(3)4/h45-46H,5-44H2,1-4H3/t46-/m0/s1. The Hall–Kier alpha value is -1.59. The lowest BCUT2D eigenvalue weighted by atomic mass is 10.0. The molecular weight excluding hydrogens is 685 g/mol. The molecule has 0 heterocycles. The molecule has 0 aromatic heterocycles. The van der Waals surface area contributed by atoms with Crippen molar-refractivity contribution in [3.05, 3.63) is 0 Å². The summed E-state index contributed by atoms with van der Waals surface area (Å²) in [6, 6.07) is 0. The summed E-state index contributed by atoms with van der Waals surface area (Å²) in [5, 5.41) is 0. The van der Waals surface area contributed by atoms with Gasteiger partial charge in [-0.25, -0.2) is 0 Å². The molecule has 55 heavy (non-hydrogen) atoms. The predicted octanol–water partition coefficient (Wildman–Crippen LogP) is 15.5. The molecule has 0 aromatic carbocycles. The lowest BCUT2D eigenvalue weighted by molar-refractivity contribution is -0.167. The molecule has 6 heteroatoms. The van der Waals surface area contributed by atoms with E-state index in [1.54, 1.807) is 0 Å². The Labute approximate surface area is 342 Å². The van der Waals surface area contributed by atoms with Crippen molar-refractivity contribution in [2.45, 2.75) is 278 Å². The molecule has 0 aromatic rings. The molecule has 326 valence electrons. The van der Waals surface area contributed by atoms with Crippen molar-refractivity contribution < 1.29 is 28.6 Å². The predicted molar refractivity (Wildman–Crippen MR) is 233 cm³/mol. The van der Waals surface area contributed by atoms with Crippen LogP contribution in [0.25, 0.3) is 0 Å². The van der Waals surface area contributed by atoms with Gasteiger partial charge in [0.15, 0.2) is 6.10 Å². The number of hydrogen-bond acceptors (Lipinski definition) is 6. The molecule has 0 rings (SSSR count). The van der Waals surface area contributed by atoms with Crippen LogP contribution in [0.15, 0.2) is 0 Å². The Morgan fingerprint density at radius 1 is 0.345 bits per heavy atom. The average Bonchev–Trinajstić information content (AvgIpc) is 3.17. The molecule has 0 radical (unpaired) electrons. The van der Waals surface area contributed by atoms with E-state index in [2.05, 4.69) is 27.7 Å². The first-order chi connectivity index (χ1) is 26.9. The molecule has 0 aliphatic rings. The number of hydrogen-bond donors (Lipinski definition) is 0. The minimum Gasteiger partial charge on any atom is -0.462 e. The third kappa shape index (κ3) is 43.4. The van der Waals surface area contributed by atoms with Crippen LogP contribution in [-0.2, 0) is 28.6 Å². The number of rotatable bonds is 44. The molecule has 0 aliphatic carbocycles. The molecular formula is C49H94O6. The molecule has 0 saturated carbocycles. The quantitative estimate of drug-likeness (QED) is 0.0348. The highest BCUT2D eigenvalue weighted by Crippen LogP contribution is 2.17. The molecule has 0 N–H and O–H groups in total. The third-order valence-corrected chi connectivity index (χ3v) is 11.0. The molecule has 0 spiro atoms. The van der Waals surface area contributed by atoms with Crippen LogP contribution in [0.3, 0.4) is 0 Å². The Bertz CT molecular complexity index is 826. The molecule has 1 atom stereocenters. The summed E-state index contributed by atoms with van der Waals surface area (Å²) in [6.07, 6.45) is 43.8. The van der Waals surface area contributed by atoms with Gasteiger partial charge in [-0.15, -0.1) is 0 Å². The van der Waals surface area contributed by atoms with E-state index in [1.807, 2.05) is 0 Å². The third-order valence-electron chi connectivity index (χ3n) is 11.0. The van der Waals surface area contributed by atoms with Gasteiger partial charge in [0.2, 0.25) is 0 Å². The van der Waals surface area contributed by atoms with Crippen LogP contribution in [-0.4, -0.2) is 37.2 Å². The van der Waals surface area contributed by atoms with Gasteiger partial charge in [-0.3, -0.25) is 14.4 Å². The first-order valence-electron chi connectivity index (χ1n) is 24.4. The second-order valence-corrected chi connectivity index (χ2v) is 17.2. The van der Waals surface area contributed by atoms with Gasteiger partial charge in [-0.1, -0.05) is 233 Å². The smallest absolute Gasteiger partial charge is 0.306 e. The topological polar surface area (TPSA) is 78.9 Å². The number of esters is 3. The van der Waals surface area contributed by atoms with E-state index in [-0.39, 0.29) is 31.1 Å². The fourth-order valence-corrected chi connectivity index (χ4v) is 7.33. The van der Waals surface area contributed by atoms with Crippen LogP contribution in [0.4, 0.5) is 0 Å². The normalized spacial score (nSPS) is 11.9. The van der Waals surface area contributed by atoms with E-state index in [9.17, 15) is 14.4 Å². The monoisotopic (exact) mass is 779 g/mol. The van der Waals surface area contributed by atoms with Crippen molar-refractivity contribution in [3.63, 3.8) is 0 Å². The van der Waals surface area contributed by atoms with Gasteiger partial charge in [-0.2, -0.15) is 0 Å². The van der Waals surface area contributed by atoms with Crippen molar-refractivity contribution in [1.29, 1.82) is 0 Å². The highest BCUT2D eigenvalue weighted by Gasteiger charge is 2.19. The number of carbonyl (C=O) groups excluding carboxylic acids is 3. The summed E-state index contributed by atoms with van der Waals surface area (Å²) >= 11 is 0. The molecule has 0 bridgehead atoms. The number of carbonyl (C=O) groups is 3. The molecule has 0 saturated heterocycles. The van der Waals surface area contributed by atoms with E-state index < -0.39 is 6.10 Å². The maximum atomic E-state index is 12.7. The van der Waals surface area contributed by atoms with E-state index in [0.717, 1.165) is 63.7 Å². The highest BCUT2D eigenvalue weighted by molar-refractivity contribution is 5.71. The van der Waals surface area contributed by atoms with E-state index in [1.165, 1.54) is 167 Å². The summed E-state index contributed by atoms with van der Waals surface area (Å²) in [6.45, 7) is 8.98. The van der Waals surface area contributed by atoms with Crippen molar-refractivity contribution in [1.82, 2.24) is 0 Å². The van der Waals surface area contributed by atoms with E-state index >= 15 is 0 Å². The van der Waals surface area contributed by atoms with Crippen molar-refractivity contribution in [2.24, 2.45) is 5.92 Å². The Balaban J connectivity index is 4.21. The minimum atomic E-state index is -0.758. The van der Waals surface area contributed by atoms with Gasteiger partial charge < -0.3 is 14.2 Å². The van der Waals surface area contributed by atoms with Crippen molar-refractivity contribution in [3.8, 4) is 0 Å². The van der Waals surface area contributed by atoms with Gasteiger partial charge in [0, 0.05) is 19.3 Å². The van der Waals surface area contributed by atoms with Gasteiger partial charge in [0.05, 0.1) is 0 Å². The summed E-state index contributed by atoms with van der Waals surface area (Å²) in [5.74, 6) is -0.0102. The largest absolute Gasteiger partial charge is 0.462 e. The fraction of sp³-hybridized carbons (Fsp3) is 0.939. The minimum absolute atomic E-state index is 0.0635. The zero-order chi connectivity index (χ0) is 40.3. The zero-order valence-electron chi connectivity index (χ0n) is 37.4. The first-order valence-corrected chi connectivity index (χ1v) is 24.4. The second-order valence-electron chi connectivity index (χ2n) is 17.2. The van der Waals surface area contributed by atoms with Crippen molar-refractivity contribution >= 4 is 17.9 Å². The molecule has 0 aliphatic heterocycles. The Kier molecular flexibility index (Phi) is 42.3. The van der Waals surface area contributed by atoms with Gasteiger partial charge in [0.1, 0.15) is 13.2 Å². The molecule has 6 nitrogen and oxygen atoms in total. The van der Waals surface area contributed by atoms with Crippen LogP contribution in [0.5, 0.6) is 0 Å². The van der Waals surface area contributed by atoms with Gasteiger partial charge in [0.25, 0.3) is 0 Å². The summed E-state index contributed by atoms with van der Waals surface area (Å²) in [5.41, 5.74) is 0. The molecule has 0 unspecified atom stereocenters. The van der Waals surface area contributed by atoms with Crippen molar-refractivity contribution in [2.75, 3.05) is 13.2 Å². The van der Waals surface area contributed by atoms with E-state index in [4.69, 9.17) is 14.2 Å². The Morgan fingerprint density at radius 3 is 0.891 bits per heavy atom. The SMILES string of the molecule is CCCCCCCCCCCCCCCC(=O)O[C@@H](COC(=O)CCCCCCCCC)COC(=O)CCCCCCCCCCCCCCCCC(C)C. The first kappa shape index (κ1) is 53.4. The fourth-order valence-electron chi connectivity index (χ4n) is 7.33. The number of ether oxygens (including phenoxy) is 3. The Morgan fingerprint density at radius 2 is 0.600 bits per heavy atom. The zero-order valence-corrected chi connectivity index (χ0v) is 37.4. The molecule has 0 fully saturated rings. The van der Waals surface area contributed by atoms with Crippen LogP contribution in [0.1, 0.15) is 272 Å². The number of unbranched alkanes of at least 4 members (excludes halogenated alkanes) is 31. The summed E-state index contributed by atoms with van der Waals surface area (Å²) < 4.78 is 16.7. The summed E-state index contributed by atoms with van der Waals surface area (Å²) in [4.78, 5) is 37.7. The second kappa shape index (κ2) is 43.5. The van der Waals surface area contributed by atoms with Crippen LogP contribution in [0, 0.1) is 5.92 Å².